The lowest BCUT2D eigenvalue weighted by Crippen LogP contribution is -2.04. The average molecular weight is 338 g/mol. The molecule has 1 N–H and O–H groups in total. The van der Waals surface area contributed by atoms with Gasteiger partial charge in [0, 0.05) is 16.6 Å². The zero-order valence-corrected chi connectivity index (χ0v) is 12.9. The topological polar surface area (TPSA) is 21.3 Å². The Kier molecular flexibility index (Phi) is 5.41. The molecule has 2 aromatic rings. The van der Waals surface area contributed by atoms with Crippen molar-refractivity contribution in [1.82, 2.24) is 0 Å². The Morgan fingerprint density at radius 1 is 1.20 bits per heavy atom. The Labute approximate surface area is 127 Å². The molecule has 2 aromatic carbocycles. The van der Waals surface area contributed by atoms with E-state index in [-0.39, 0.29) is 5.82 Å². The fourth-order valence-electron chi connectivity index (χ4n) is 1.81. The van der Waals surface area contributed by atoms with Crippen LogP contribution in [0.5, 0.6) is 5.75 Å². The molecule has 0 spiro atoms. The van der Waals surface area contributed by atoms with Crippen molar-refractivity contribution in [2.24, 2.45) is 0 Å². The summed E-state index contributed by atoms with van der Waals surface area (Å²) in [4.78, 5) is 0. The van der Waals surface area contributed by atoms with Gasteiger partial charge in [0.05, 0.1) is 12.3 Å². The van der Waals surface area contributed by atoms with Crippen LogP contribution in [-0.2, 0) is 6.54 Å². The van der Waals surface area contributed by atoms with Crippen LogP contribution in [0, 0.1) is 5.82 Å². The molecule has 0 aliphatic heterocycles. The van der Waals surface area contributed by atoms with Gasteiger partial charge in [0.1, 0.15) is 11.6 Å². The van der Waals surface area contributed by atoms with Gasteiger partial charge in [-0.25, -0.2) is 4.39 Å². The molecule has 0 saturated carbocycles. The summed E-state index contributed by atoms with van der Waals surface area (Å²) in [6.07, 6.45) is 0.954. The van der Waals surface area contributed by atoms with Gasteiger partial charge >= 0.3 is 0 Å². The summed E-state index contributed by atoms with van der Waals surface area (Å²) in [5, 5.41) is 3.22. The van der Waals surface area contributed by atoms with Gasteiger partial charge < -0.3 is 10.1 Å². The number of hydrogen-bond donors (Lipinski definition) is 1. The molecule has 0 heterocycles. The smallest absolute Gasteiger partial charge is 0.142 e. The zero-order valence-electron chi connectivity index (χ0n) is 11.3. The Morgan fingerprint density at radius 3 is 2.75 bits per heavy atom. The molecule has 0 unspecified atom stereocenters. The second-order valence-corrected chi connectivity index (χ2v) is 5.35. The first-order valence-corrected chi connectivity index (χ1v) is 7.39. The number of rotatable bonds is 6. The number of ether oxygens (including phenoxy) is 1. The predicted octanol–water partition coefficient (Wildman–Crippen LogP) is 4.99. The molecular formula is C16H17BrFNO. The normalized spacial score (nSPS) is 10.3. The number of nitrogens with one attached hydrogen (secondary N) is 1. The minimum atomic E-state index is -0.223. The van der Waals surface area contributed by atoms with Crippen molar-refractivity contribution in [2.75, 3.05) is 11.9 Å². The van der Waals surface area contributed by atoms with Crippen LogP contribution in [0.2, 0.25) is 0 Å². The van der Waals surface area contributed by atoms with Crippen molar-refractivity contribution in [1.29, 1.82) is 0 Å². The average Bonchev–Trinajstić information content (AvgIpc) is 2.45. The third-order valence-corrected chi connectivity index (χ3v) is 3.33. The van der Waals surface area contributed by atoms with E-state index >= 15 is 0 Å². The SMILES string of the molecule is CCCOc1ccccc1NCc1ccc(Br)cc1F. The summed E-state index contributed by atoms with van der Waals surface area (Å²) in [7, 11) is 0. The second-order valence-electron chi connectivity index (χ2n) is 4.43. The number of hydrogen-bond acceptors (Lipinski definition) is 2. The van der Waals surface area contributed by atoms with Gasteiger partial charge in [0.2, 0.25) is 0 Å². The van der Waals surface area contributed by atoms with Crippen molar-refractivity contribution in [3.05, 3.63) is 58.3 Å². The van der Waals surface area contributed by atoms with Crippen molar-refractivity contribution >= 4 is 21.6 Å². The fraction of sp³-hybridized carbons (Fsp3) is 0.250. The summed E-state index contributed by atoms with van der Waals surface area (Å²) in [5.41, 5.74) is 1.50. The Hall–Kier alpha value is -1.55. The van der Waals surface area contributed by atoms with Crippen LogP contribution < -0.4 is 10.1 Å². The minimum absolute atomic E-state index is 0.223. The molecule has 0 aliphatic carbocycles. The highest BCUT2D eigenvalue weighted by Gasteiger charge is 2.05. The Bertz CT molecular complexity index is 574. The van der Waals surface area contributed by atoms with E-state index in [2.05, 4.69) is 28.2 Å². The van der Waals surface area contributed by atoms with Gasteiger partial charge in [-0.15, -0.1) is 0 Å². The summed E-state index contributed by atoms with van der Waals surface area (Å²) in [6.45, 7) is 3.16. The highest BCUT2D eigenvalue weighted by molar-refractivity contribution is 9.10. The molecule has 0 aliphatic rings. The molecule has 0 radical (unpaired) electrons. The van der Waals surface area contributed by atoms with Gasteiger partial charge in [-0.2, -0.15) is 0 Å². The highest BCUT2D eigenvalue weighted by atomic mass is 79.9. The number of benzene rings is 2. The van der Waals surface area contributed by atoms with Crippen molar-refractivity contribution < 1.29 is 9.13 Å². The largest absolute Gasteiger partial charge is 0.491 e. The Morgan fingerprint density at radius 2 is 2.00 bits per heavy atom. The van der Waals surface area contributed by atoms with E-state index in [4.69, 9.17) is 4.74 Å². The van der Waals surface area contributed by atoms with E-state index in [1.54, 1.807) is 6.07 Å². The molecule has 0 bridgehead atoms. The maximum Gasteiger partial charge on any atom is 0.142 e. The first-order chi connectivity index (χ1) is 9.70. The third-order valence-electron chi connectivity index (χ3n) is 2.83. The fourth-order valence-corrected chi connectivity index (χ4v) is 2.14. The zero-order chi connectivity index (χ0) is 14.4. The predicted molar refractivity (Wildman–Crippen MR) is 83.7 cm³/mol. The van der Waals surface area contributed by atoms with Crippen molar-refractivity contribution in [3.8, 4) is 5.75 Å². The van der Waals surface area contributed by atoms with Crippen LogP contribution in [0.1, 0.15) is 18.9 Å². The summed E-state index contributed by atoms with van der Waals surface area (Å²) < 4.78 is 20.2. The van der Waals surface area contributed by atoms with Crippen LogP contribution in [-0.4, -0.2) is 6.61 Å². The molecular weight excluding hydrogens is 321 g/mol. The number of anilines is 1. The molecule has 4 heteroatoms. The maximum absolute atomic E-state index is 13.8. The lowest BCUT2D eigenvalue weighted by Gasteiger charge is -2.13. The molecule has 0 amide bonds. The van der Waals surface area contributed by atoms with Crippen LogP contribution in [0.15, 0.2) is 46.9 Å². The van der Waals surface area contributed by atoms with Crippen LogP contribution in [0.3, 0.4) is 0 Å². The van der Waals surface area contributed by atoms with Gasteiger partial charge in [0.25, 0.3) is 0 Å². The van der Waals surface area contributed by atoms with E-state index in [0.717, 1.165) is 22.3 Å². The summed E-state index contributed by atoms with van der Waals surface area (Å²) in [5.74, 6) is 0.575. The standard InChI is InChI=1S/C16H17BrFNO/c1-2-9-20-16-6-4-3-5-15(16)19-11-12-7-8-13(17)10-14(12)18/h3-8,10,19H,2,9,11H2,1H3. The van der Waals surface area contributed by atoms with Gasteiger partial charge in [0.15, 0.2) is 0 Å². The molecule has 20 heavy (non-hydrogen) atoms. The molecule has 0 atom stereocenters. The van der Waals surface area contributed by atoms with E-state index in [1.807, 2.05) is 30.3 Å². The number of halogens is 2. The highest BCUT2D eigenvalue weighted by Crippen LogP contribution is 2.25. The molecule has 106 valence electrons. The molecule has 0 fully saturated rings. The van der Waals surface area contributed by atoms with E-state index in [9.17, 15) is 4.39 Å². The Balaban J connectivity index is 2.06. The molecule has 2 rings (SSSR count). The monoisotopic (exact) mass is 337 g/mol. The lowest BCUT2D eigenvalue weighted by molar-refractivity contribution is 0.319. The maximum atomic E-state index is 13.8. The van der Waals surface area contributed by atoms with Gasteiger partial charge in [-0.1, -0.05) is 41.1 Å². The molecule has 0 aromatic heterocycles. The van der Waals surface area contributed by atoms with Crippen LogP contribution >= 0.6 is 15.9 Å². The van der Waals surface area contributed by atoms with Gasteiger partial charge in [-0.3, -0.25) is 0 Å². The summed E-state index contributed by atoms with van der Waals surface area (Å²) in [6, 6.07) is 12.8. The van der Waals surface area contributed by atoms with Crippen LogP contribution in [0.4, 0.5) is 10.1 Å². The van der Waals surface area contributed by atoms with E-state index in [0.29, 0.717) is 18.7 Å². The first kappa shape index (κ1) is 14.9. The second kappa shape index (κ2) is 7.29. The lowest BCUT2D eigenvalue weighted by atomic mass is 10.2. The first-order valence-electron chi connectivity index (χ1n) is 6.60. The molecule has 0 saturated heterocycles. The van der Waals surface area contributed by atoms with E-state index in [1.165, 1.54) is 6.07 Å². The van der Waals surface area contributed by atoms with Crippen molar-refractivity contribution in [3.63, 3.8) is 0 Å². The minimum Gasteiger partial charge on any atom is -0.491 e. The van der Waals surface area contributed by atoms with Crippen molar-refractivity contribution in [2.45, 2.75) is 19.9 Å². The number of para-hydroxylation sites is 2. The van der Waals surface area contributed by atoms with E-state index < -0.39 is 0 Å². The third kappa shape index (κ3) is 3.97. The summed E-state index contributed by atoms with van der Waals surface area (Å²) >= 11 is 3.25. The molecule has 2 nitrogen and oxygen atoms in total. The quantitative estimate of drug-likeness (QED) is 0.801. The van der Waals surface area contributed by atoms with Gasteiger partial charge in [-0.05, 0) is 30.7 Å². The van der Waals surface area contributed by atoms with Crippen LogP contribution in [0.25, 0.3) is 0 Å².